The Kier molecular flexibility index (Phi) is 4.69. The number of nitrogens with zero attached hydrogens (tertiary/aromatic N) is 1. The molecule has 24 heavy (non-hydrogen) atoms. The molecule has 1 aliphatic rings. The van der Waals surface area contributed by atoms with Crippen molar-refractivity contribution in [3.8, 4) is 0 Å². The molecule has 0 aromatic heterocycles. The molecular formula is C18H23NO5. The average Bonchev–Trinajstić information content (AvgIpc) is 2.79. The number of carbonyl (C=O) groups is 3. The number of aliphatic carboxylic acids is 1. The van der Waals surface area contributed by atoms with E-state index in [9.17, 15) is 19.5 Å². The van der Waals surface area contributed by atoms with E-state index in [1.54, 1.807) is 0 Å². The van der Waals surface area contributed by atoms with Gasteiger partial charge in [0, 0.05) is 0 Å². The maximum absolute atomic E-state index is 12.5. The first-order chi connectivity index (χ1) is 11.1. The maximum Gasteiger partial charge on any atom is 0.410 e. The monoisotopic (exact) mass is 333 g/mol. The summed E-state index contributed by atoms with van der Waals surface area (Å²) < 4.78 is 5.30. The lowest BCUT2D eigenvalue weighted by Crippen LogP contribution is -2.53. The molecular weight excluding hydrogens is 310 g/mol. The molecule has 6 nitrogen and oxygen atoms in total. The van der Waals surface area contributed by atoms with Gasteiger partial charge in [0.05, 0.1) is 12.6 Å². The fourth-order valence-electron chi connectivity index (χ4n) is 3.42. The number of carbonyl (C=O) groups excluding carboxylic acids is 2. The van der Waals surface area contributed by atoms with Crippen LogP contribution in [0.2, 0.25) is 0 Å². The fourth-order valence-corrected chi connectivity index (χ4v) is 3.42. The predicted molar refractivity (Wildman–Crippen MR) is 87.3 cm³/mol. The van der Waals surface area contributed by atoms with Crippen molar-refractivity contribution in [1.82, 2.24) is 4.90 Å². The smallest absolute Gasteiger partial charge is 0.410 e. The number of likely N-dealkylation sites (tertiary alicyclic amines) is 1. The Morgan fingerprint density at radius 2 is 1.88 bits per heavy atom. The van der Waals surface area contributed by atoms with Crippen molar-refractivity contribution in [1.29, 1.82) is 0 Å². The van der Waals surface area contributed by atoms with Gasteiger partial charge < -0.3 is 9.84 Å². The van der Waals surface area contributed by atoms with E-state index in [-0.39, 0.29) is 13.2 Å². The number of hydrogen-bond donors (Lipinski definition) is 1. The van der Waals surface area contributed by atoms with Crippen LogP contribution in [-0.2, 0) is 20.9 Å². The Hall–Kier alpha value is -2.37. The summed E-state index contributed by atoms with van der Waals surface area (Å²) in [5, 5.41) is 9.58. The average molecular weight is 333 g/mol. The third kappa shape index (κ3) is 3.13. The molecule has 2 rings (SSSR count). The minimum atomic E-state index is -1.63. The van der Waals surface area contributed by atoms with Crippen LogP contribution >= 0.6 is 0 Å². The van der Waals surface area contributed by atoms with E-state index in [0.29, 0.717) is 0 Å². The highest BCUT2D eigenvalue weighted by molar-refractivity contribution is 6.08. The van der Waals surface area contributed by atoms with Gasteiger partial charge in [0.1, 0.15) is 12.0 Å². The predicted octanol–water partition coefficient (Wildman–Crippen LogP) is 2.71. The zero-order chi connectivity index (χ0) is 18.1. The van der Waals surface area contributed by atoms with Crippen molar-refractivity contribution < 1.29 is 24.2 Å². The summed E-state index contributed by atoms with van der Waals surface area (Å²) in [5.41, 5.74) is -1.40. The van der Waals surface area contributed by atoms with Crippen molar-refractivity contribution in [2.45, 2.75) is 40.3 Å². The number of rotatable bonds is 3. The maximum atomic E-state index is 12.5. The number of ether oxygens (including phenoxy) is 1. The van der Waals surface area contributed by atoms with Gasteiger partial charge in [-0.2, -0.15) is 0 Å². The molecule has 1 saturated heterocycles. The molecule has 1 heterocycles. The number of carboxylic acid groups (broad SMARTS) is 1. The second-order valence-corrected chi connectivity index (χ2v) is 7.37. The lowest BCUT2D eigenvalue weighted by Gasteiger charge is -2.39. The molecule has 0 radical (unpaired) electrons. The summed E-state index contributed by atoms with van der Waals surface area (Å²) in [6.07, 6.45) is -0.669. The zero-order valence-corrected chi connectivity index (χ0v) is 14.4. The van der Waals surface area contributed by atoms with Gasteiger partial charge in [-0.1, -0.05) is 51.1 Å². The van der Waals surface area contributed by atoms with Crippen LogP contribution in [0.25, 0.3) is 0 Å². The molecule has 1 aliphatic heterocycles. The summed E-state index contributed by atoms with van der Waals surface area (Å²) >= 11 is 0. The molecule has 1 aromatic rings. The summed E-state index contributed by atoms with van der Waals surface area (Å²) in [6, 6.07) is 8.40. The van der Waals surface area contributed by atoms with E-state index in [4.69, 9.17) is 4.74 Å². The van der Waals surface area contributed by atoms with E-state index in [1.807, 2.05) is 51.1 Å². The highest BCUT2D eigenvalue weighted by Gasteiger charge is 2.61. The summed E-state index contributed by atoms with van der Waals surface area (Å²) in [4.78, 5) is 37.8. The molecule has 1 N–H and O–H groups in total. The molecule has 6 heteroatoms. The Balaban J connectivity index is 2.23. The summed E-state index contributed by atoms with van der Waals surface area (Å²) in [5.74, 6) is -1.70. The van der Waals surface area contributed by atoms with Gasteiger partial charge in [0.25, 0.3) is 0 Å². The Morgan fingerprint density at radius 1 is 1.29 bits per heavy atom. The van der Waals surface area contributed by atoms with Gasteiger partial charge >= 0.3 is 12.1 Å². The molecule has 2 atom stereocenters. The van der Waals surface area contributed by atoms with Crippen molar-refractivity contribution in [3.05, 3.63) is 35.9 Å². The van der Waals surface area contributed by atoms with E-state index in [2.05, 4.69) is 0 Å². The third-order valence-electron chi connectivity index (χ3n) is 4.46. The number of Topliss-reactive ketones (excluding diaryl/α,β-unsaturated/α-hetero) is 1. The standard InChI is InChI=1S/C18H23NO5/c1-17(2,3)14-18(4,15(21)22)13(20)10-19(14)16(23)24-11-12-8-6-5-7-9-12/h5-9,14H,10-11H2,1-4H3,(H,21,22)/t14?,18-/m1/s1. The first-order valence-corrected chi connectivity index (χ1v) is 7.82. The van der Waals surface area contributed by atoms with E-state index >= 15 is 0 Å². The van der Waals surface area contributed by atoms with Gasteiger partial charge in [-0.15, -0.1) is 0 Å². The normalized spacial score (nSPS) is 24.1. The zero-order valence-electron chi connectivity index (χ0n) is 14.4. The number of hydrogen-bond acceptors (Lipinski definition) is 4. The fraction of sp³-hybridized carbons (Fsp3) is 0.500. The van der Waals surface area contributed by atoms with Gasteiger partial charge in [0.2, 0.25) is 0 Å². The van der Waals surface area contributed by atoms with Gasteiger partial charge in [0.15, 0.2) is 5.78 Å². The second kappa shape index (κ2) is 6.26. The summed E-state index contributed by atoms with van der Waals surface area (Å²) in [6.45, 7) is 6.65. The lowest BCUT2D eigenvalue weighted by molar-refractivity contribution is -0.155. The van der Waals surface area contributed by atoms with Gasteiger partial charge in [-0.05, 0) is 17.9 Å². The highest BCUT2D eigenvalue weighted by atomic mass is 16.6. The molecule has 0 bridgehead atoms. The van der Waals surface area contributed by atoms with Crippen molar-refractivity contribution >= 4 is 17.8 Å². The van der Waals surface area contributed by atoms with Crippen LogP contribution in [0.3, 0.4) is 0 Å². The Morgan fingerprint density at radius 3 is 2.38 bits per heavy atom. The quantitative estimate of drug-likeness (QED) is 0.860. The van der Waals surface area contributed by atoms with Crippen molar-refractivity contribution in [3.63, 3.8) is 0 Å². The molecule has 130 valence electrons. The lowest BCUT2D eigenvalue weighted by atomic mass is 9.70. The Bertz CT molecular complexity index is 649. The SMILES string of the molecule is CC(C)(C)C1N(C(=O)OCc2ccccc2)CC(=O)[C@@]1(C)C(=O)O. The summed E-state index contributed by atoms with van der Waals surface area (Å²) in [7, 11) is 0. The number of benzene rings is 1. The first kappa shape index (κ1) is 18.0. The highest BCUT2D eigenvalue weighted by Crippen LogP contribution is 2.44. The molecule has 1 amide bonds. The van der Waals surface area contributed by atoms with Crippen LogP contribution < -0.4 is 0 Å². The molecule has 0 saturated carbocycles. The van der Waals surface area contributed by atoms with Crippen molar-refractivity contribution in [2.75, 3.05) is 6.54 Å². The molecule has 0 aliphatic carbocycles. The van der Waals surface area contributed by atoms with Crippen LogP contribution in [-0.4, -0.2) is 40.4 Å². The molecule has 1 fully saturated rings. The molecule has 1 unspecified atom stereocenters. The van der Waals surface area contributed by atoms with E-state index in [0.717, 1.165) is 5.56 Å². The van der Waals surface area contributed by atoms with Crippen molar-refractivity contribution in [2.24, 2.45) is 10.8 Å². The number of carboxylic acids is 1. The third-order valence-corrected chi connectivity index (χ3v) is 4.46. The minimum absolute atomic E-state index is 0.0744. The van der Waals surface area contributed by atoms with Gasteiger partial charge in [-0.25, -0.2) is 4.79 Å². The molecule has 0 spiro atoms. The minimum Gasteiger partial charge on any atom is -0.480 e. The van der Waals surface area contributed by atoms with Crippen LogP contribution in [0, 0.1) is 10.8 Å². The van der Waals surface area contributed by atoms with Crippen LogP contribution in [0.4, 0.5) is 4.79 Å². The second-order valence-electron chi connectivity index (χ2n) is 7.37. The van der Waals surface area contributed by atoms with E-state index in [1.165, 1.54) is 11.8 Å². The van der Waals surface area contributed by atoms with Crippen LogP contribution in [0.5, 0.6) is 0 Å². The van der Waals surface area contributed by atoms with Crippen LogP contribution in [0.15, 0.2) is 30.3 Å². The largest absolute Gasteiger partial charge is 0.480 e. The number of amides is 1. The molecule has 1 aromatic carbocycles. The van der Waals surface area contributed by atoms with Gasteiger partial charge in [-0.3, -0.25) is 14.5 Å². The van der Waals surface area contributed by atoms with Crippen LogP contribution in [0.1, 0.15) is 33.3 Å². The first-order valence-electron chi connectivity index (χ1n) is 7.82. The topological polar surface area (TPSA) is 83.9 Å². The number of ketones is 1. The van der Waals surface area contributed by atoms with E-state index < -0.39 is 34.7 Å². The Labute approximate surface area is 141 Å².